The van der Waals surface area contributed by atoms with Crippen molar-refractivity contribution < 1.29 is 9.90 Å². The van der Waals surface area contributed by atoms with Crippen molar-refractivity contribution in [2.45, 2.75) is 52.4 Å². The van der Waals surface area contributed by atoms with E-state index in [1.165, 1.54) is 22.4 Å². The molecular weight excluding hydrogens is 382 g/mol. The summed E-state index contributed by atoms with van der Waals surface area (Å²) in [6.45, 7) is 4.28. The molecule has 3 N–H and O–H groups in total. The molecule has 27 heavy (non-hydrogen) atoms. The molecule has 0 aromatic carbocycles. The molecule has 0 spiro atoms. The molecule has 0 radical (unpaired) electrons. The van der Waals surface area contributed by atoms with E-state index in [2.05, 4.69) is 28.8 Å². The Morgan fingerprint density at radius 1 is 1.44 bits per heavy atom. The van der Waals surface area contributed by atoms with Crippen LogP contribution in [0.3, 0.4) is 0 Å². The molecule has 3 rings (SSSR count). The summed E-state index contributed by atoms with van der Waals surface area (Å²) >= 11 is 6.35. The van der Waals surface area contributed by atoms with Crippen molar-refractivity contribution in [2.24, 2.45) is 10.9 Å². The molecular formula is C19H23N3O3S2. The first-order valence-electron chi connectivity index (χ1n) is 9.18. The monoisotopic (exact) mass is 405 g/mol. The predicted octanol–water partition coefficient (Wildman–Crippen LogP) is 4.45. The first-order valence-corrected chi connectivity index (χ1v) is 10.4. The van der Waals surface area contributed by atoms with E-state index in [9.17, 15) is 14.7 Å². The molecule has 1 unspecified atom stereocenters. The number of hydrogen-bond acceptors (Lipinski definition) is 6. The average Bonchev–Trinajstić information content (AvgIpc) is 2.96. The Morgan fingerprint density at radius 2 is 2.22 bits per heavy atom. The average molecular weight is 406 g/mol. The van der Waals surface area contributed by atoms with Crippen molar-refractivity contribution in [3.8, 4) is 5.88 Å². The van der Waals surface area contributed by atoms with Crippen LogP contribution in [0.25, 0.3) is 0 Å². The molecule has 2 heterocycles. The lowest BCUT2D eigenvalue weighted by atomic mass is 9.87. The van der Waals surface area contributed by atoms with E-state index < -0.39 is 5.56 Å². The number of aromatic nitrogens is 2. The van der Waals surface area contributed by atoms with Gasteiger partial charge in [0.2, 0.25) is 5.88 Å². The quantitative estimate of drug-likeness (QED) is 0.376. The number of fused-ring (bicyclic) bond motifs is 1. The molecule has 6 nitrogen and oxygen atoms in total. The summed E-state index contributed by atoms with van der Waals surface area (Å²) in [6, 6.07) is 0. The molecule has 0 saturated carbocycles. The van der Waals surface area contributed by atoms with Crippen LogP contribution in [-0.2, 0) is 12.8 Å². The summed E-state index contributed by atoms with van der Waals surface area (Å²) in [5.41, 5.74) is 1.30. The van der Waals surface area contributed by atoms with Crippen molar-refractivity contribution in [1.82, 2.24) is 9.97 Å². The number of aliphatic imine (C=N–C) groups is 1. The van der Waals surface area contributed by atoms with Crippen molar-refractivity contribution in [3.63, 3.8) is 0 Å². The highest BCUT2D eigenvalue weighted by atomic mass is 32.1. The van der Waals surface area contributed by atoms with Crippen LogP contribution in [0.1, 0.15) is 65.9 Å². The second kappa shape index (κ2) is 8.31. The van der Waals surface area contributed by atoms with Crippen molar-refractivity contribution >= 4 is 40.6 Å². The number of rotatable bonds is 6. The number of aromatic amines is 2. The van der Waals surface area contributed by atoms with Gasteiger partial charge in [-0.2, -0.15) is 0 Å². The van der Waals surface area contributed by atoms with Crippen LogP contribution in [0.2, 0.25) is 0 Å². The van der Waals surface area contributed by atoms with Gasteiger partial charge in [-0.15, -0.1) is 11.3 Å². The van der Waals surface area contributed by atoms with Crippen LogP contribution < -0.4 is 5.56 Å². The van der Waals surface area contributed by atoms with Gasteiger partial charge in [0.15, 0.2) is 10.6 Å². The molecule has 1 atom stereocenters. The van der Waals surface area contributed by atoms with Gasteiger partial charge >= 0.3 is 0 Å². The van der Waals surface area contributed by atoms with E-state index in [-0.39, 0.29) is 22.0 Å². The van der Waals surface area contributed by atoms with Gasteiger partial charge in [-0.1, -0.05) is 20.3 Å². The maximum atomic E-state index is 12.8. The number of carbonyl (C=O) groups excluding carboxylic acids is 1. The number of aromatic hydroxyl groups is 1. The van der Waals surface area contributed by atoms with Crippen molar-refractivity contribution in [1.29, 1.82) is 0 Å². The first kappa shape index (κ1) is 19.7. The zero-order valence-corrected chi connectivity index (χ0v) is 17.1. The molecule has 144 valence electrons. The third-order valence-corrected chi connectivity index (χ3v) is 6.17. The number of carbonyl (C=O) groups is 1. The van der Waals surface area contributed by atoms with Crippen molar-refractivity contribution in [3.05, 3.63) is 36.7 Å². The molecule has 0 aliphatic heterocycles. The SMILES string of the molecule is CCCCC(=O)c1c(N=Cc2c(O)[nH]c(=S)[nH]c2=O)sc2c1CCC(C)C2. The van der Waals surface area contributed by atoms with E-state index >= 15 is 0 Å². The van der Waals surface area contributed by atoms with Crippen LogP contribution in [-0.4, -0.2) is 27.1 Å². The van der Waals surface area contributed by atoms with Gasteiger partial charge in [-0.25, -0.2) is 4.99 Å². The lowest BCUT2D eigenvalue weighted by molar-refractivity contribution is 0.0979. The van der Waals surface area contributed by atoms with E-state index in [0.717, 1.165) is 37.7 Å². The Bertz CT molecular complexity index is 1000. The number of thiophene rings is 1. The summed E-state index contributed by atoms with van der Waals surface area (Å²) in [5.74, 6) is 0.371. The molecule has 2 aromatic rings. The summed E-state index contributed by atoms with van der Waals surface area (Å²) in [6.07, 6.45) is 6.52. The Balaban J connectivity index is 2.03. The summed E-state index contributed by atoms with van der Waals surface area (Å²) in [7, 11) is 0. The van der Waals surface area contributed by atoms with Crippen LogP contribution >= 0.6 is 23.6 Å². The van der Waals surface area contributed by atoms with E-state index in [1.54, 1.807) is 0 Å². The Hall–Kier alpha value is -2.06. The molecule has 0 fully saturated rings. The van der Waals surface area contributed by atoms with Gasteiger partial charge in [-0.05, 0) is 49.4 Å². The molecule has 2 aromatic heterocycles. The van der Waals surface area contributed by atoms with Crippen molar-refractivity contribution in [2.75, 3.05) is 0 Å². The smallest absolute Gasteiger partial charge is 0.264 e. The summed E-state index contributed by atoms with van der Waals surface area (Å²) < 4.78 is 0.0469. The Kier molecular flexibility index (Phi) is 6.06. The number of nitrogens with one attached hydrogen (secondary N) is 2. The van der Waals surface area contributed by atoms with Gasteiger partial charge in [0, 0.05) is 17.5 Å². The minimum Gasteiger partial charge on any atom is -0.494 e. The molecule has 0 saturated heterocycles. The fourth-order valence-corrected chi connectivity index (χ4v) is 4.87. The topological polar surface area (TPSA) is 98.3 Å². The maximum Gasteiger partial charge on any atom is 0.264 e. The highest BCUT2D eigenvalue weighted by molar-refractivity contribution is 7.71. The van der Waals surface area contributed by atoms with E-state index in [0.29, 0.717) is 22.9 Å². The second-order valence-electron chi connectivity index (χ2n) is 6.99. The van der Waals surface area contributed by atoms with E-state index in [1.807, 2.05) is 0 Å². The summed E-state index contributed by atoms with van der Waals surface area (Å²) in [5, 5.41) is 10.6. The lowest BCUT2D eigenvalue weighted by Crippen LogP contribution is -2.13. The van der Waals surface area contributed by atoms with Gasteiger partial charge in [0.05, 0.1) is 5.56 Å². The highest BCUT2D eigenvalue weighted by Crippen LogP contribution is 2.42. The number of unbranched alkanes of at least 4 members (excludes halogenated alkanes) is 1. The summed E-state index contributed by atoms with van der Waals surface area (Å²) in [4.78, 5) is 35.4. The van der Waals surface area contributed by atoms with Gasteiger partial charge < -0.3 is 10.1 Å². The van der Waals surface area contributed by atoms with Gasteiger partial charge in [0.25, 0.3) is 5.56 Å². The number of ketones is 1. The predicted molar refractivity (Wildman–Crippen MR) is 111 cm³/mol. The minimum atomic E-state index is -0.520. The second-order valence-corrected chi connectivity index (χ2v) is 8.48. The third-order valence-electron chi connectivity index (χ3n) is 4.80. The third kappa shape index (κ3) is 4.27. The number of hydrogen-bond donors (Lipinski definition) is 3. The Labute approximate surface area is 166 Å². The van der Waals surface area contributed by atoms with Crippen LogP contribution in [0, 0.1) is 10.7 Å². The molecule has 1 aliphatic rings. The number of H-pyrrole nitrogens is 2. The maximum absolute atomic E-state index is 12.8. The standard InChI is InChI=1S/C19H23N3O3S2/c1-3-4-5-13(23)15-11-7-6-10(2)8-14(11)27-18(15)20-9-12-16(24)21-19(26)22-17(12)25/h9-10H,3-8H2,1-2H3,(H3,21,22,24,25,26). The Morgan fingerprint density at radius 3 is 2.93 bits per heavy atom. The van der Waals surface area contributed by atoms with Crippen LogP contribution in [0.15, 0.2) is 9.79 Å². The first-order chi connectivity index (χ1) is 12.9. The highest BCUT2D eigenvalue weighted by Gasteiger charge is 2.27. The van der Waals surface area contributed by atoms with Gasteiger partial charge in [0.1, 0.15) is 10.6 Å². The normalized spacial score (nSPS) is 16.6. The van der Waals surface area contributed by atoms with Gasteiger partial charge in [-0.3, -0.25) is 14.6 Å². The molecule has 1 aliphatic carbocycles. The fourth-order valence-electron chi connectivity index (χ4n) is 3.30. The molecule has 0 bridgehead atoms. The molecule has 8 heteroatoms. The largest absolute Gasteiger partial charge is 0.494 e. The van der Waals surface area contributed by atoms with Crippen LogP contribution in [0.4, 0.5) is 5.00 Å². The molecule has 0 amide bonds. The lowest BCUT2D eigenvalue weighted by Gasteiger charge is -2.18. The minimum absolute atomic E-state index is 0.00435. The van der Waals surface area contributed by atoms with Crippen LogP contribution in [0.5, 0.6) is 5.88 Å². The number of Topliss-reactive ketones (excluding diaryl/α,β-unsaturated/α-hetero) is 1. The van der Waals surface area contributed by atoms with E-state index in [4.69, 9.17) is 12.2 Å². The zero-order chi connectivity index (χ0) is 19.6. The number of nitrogens with zero attached hydrogens (tertiary/aromatic N) is 1. The fraction of sp³-hybridized carbons (Fsp3) is 0.474. The zero-order valence-electron chi connectivity index (χ0n) is 15.4.